The van der Waals surface area contributed by atoms with Gasteiger partial charge in [-0.3, -0.25) is 0 Å². The van der Waals surface area contributed by atoms with Crippen molar-refractivity contribution in [3.8, 4) is 0 Å². The normalized spacial score (nSPS) is 12.3. The third kappa shape index (κ3) is 3.23. The molecule has 0 aliphatic rings. The Hall–Kier alpha value is -1.04. The van der Waals surface area contributed by atoms with Crippen LogP contribution < -0.4 is 5.73 Å². The molecule has 1 aromatic rings. The number of nitrogens with two attached hydrogens (primary N) is 1. The molecule has 0 saturated carbocycles. The molecule has 0 bridgehead atoms. The Bertz CT molecular complexity index is 374. The van der Waals surface area contributed by atoms with E-state index in [1.807, 2.05) is 0 Å². The highest BCUT2D eigenvalue weighted by molar-refractivity contribution is 9.08. The fraction of sp³-hybridized carbons (Fsp3) is 0.222. The number of nitrogens with zero attached hydrogens (tertiary/aromatic N) is 1. The summed E-state index contributed by atoms with van der Waals surface area (Å²) in [5.74, 6) is 0. The molecule has 0 amide bonds. The van der Waals surface area contributed by atoms with Crippen LogP contribution in [0.1, 0.15) is 11.1 Å². The van der Waals surface area contributed by atoms with Crippen molar-refractivity contribution >= 4 is 28.0 Å². The first-order valence-electron chi connectivity index (χ1n) is 3.98. The van der Waals surface area contributed by atoms with Crippen LogP contribution in [0.25, 0.3) is 0 Å². The zero-order chi connectivity index (χ0) is 11.5. The summed E-state index contributed by atoms with van der Waals surface area (Å²) < 4.78 is 37.3. The molecular formula is C9H8BrF3N2. The van der Waals surface area contributed by atoms with Gasteiger partial charge in [-0.05, 0) is 23.8 Å². The first-order valence-corrected chi connectivity index (χ1v) is 5.11. The SMILES string of the molecule is NC=Nc1cc(CBr)cc(C(F)(F)F)c1. The fourth-order valence-corrected chi connectivity index (χ4v) is 1.40. The second-order valence-electron chi connectivity index (χ2n) is 2.80. The minimum absolute atomic E-state index is 0.196. The zero-order valence-electron chi connectivity index (χ0n) is 7.55. The van der Waals surface area contributed by atoms with Gasteiger partial charge in [0.2, 0.25) is 0 Å². The van der Waals surface area contributed by atoms with Gasteiger partial charge in [0.05, 0.1) is 17.6 Å². The molecule has 82 valence electrons. The summed E-state index contributed by atoms with van der Waals surface area (Å²) >= 11 is 3.09. The van der Waals surface area contributed by atoms with Gasteiger partial charge < -0.3 is 5.73 Å². The van der Waals surface area contributed by atoms with E-state index in [9.17, 15) is 13.2 Å². The highest BCUT2D eigenvalue weighted by atomic mass is 79.9. The lowest BCUT2D eigenvalue weighted by Gasteiger charge is -2.09. The lowest BCUT2D eigenvalue weighted by atomic mass is 10.1. The van der Waals surface area contributed by atoms with Gasteiger partial charge in [0.15, 0.2) is 0 Å². The van der Waals surface area contributed by atoms with Gasteiger partial charge in [-0.2, -0.15) is 13.2 Å². The maximum atomic E-state index is 12.4. The van der Waals surface area contributed by atoms with Crippen molar-refractivity contribution in [2.24, 2.45) is 10.7 Å². The van der Waals surface area contributed by atoms with E-state index in [4.69, 9.17) is 5.73 Å². The first kappa shape index (κ1) is 12.0. The third-order valence-electron chi connectivity index (χ3n) is 1.68. The van der Waals surface area contributed by atoms with Crippen molar-refractivity contribution in [1.29, 1.82) is 0 Å². The van der Waals surface area contributed by atoms with Gasteiger partial charge in [0, 0.05) is 5.33 Å². The molecule has 0 aromatic heterocycles. The summed E-state index contributed by atoms with van der Waals surface area (Å²) in [5.41, 5.74) is 5.01. The average molecular weight is 281 g/mol. The Morgan fingerprint density at radius 2 is 2.00 bits per heavy atom. The molecule has 0 unspecified atom stereocenters. The van der Waals surface area contributed by atoms with Crippen molar-refractivity contribution in [2.45, 2.75) is 11.5 Å². The maximum Gasteiger partial charge on any atom is 0.416 e. The summed E-state index contributed by atoms with van der Waals surface area (Å²) in [7, 11) is 0. The highest BCUT2D eigenvalue weighted by Crippen LogP contribution is 2.33. The standard InChI is InChI=1S/C9H8BrF3N2/c10-4-6-1-7(9(11,12)13)3-8(2-6)15-5-14/h1-3,5H,4H2,(H2,14,15). The lowest BCUT2D eigenvalue weighted by Crippen LogP contribution is -2.05. The Morgan fingerprint density at radius 3 is 2.47 bits per heavy atom. The molecule has 0 radical (unpaired) electrons. The van der Waals surface area contributed by atoms with Crippen LogP contribution in [0.5, 0.6) is 0 Å². The van der Waals surface area contributed by atoms with Gasteiger partial charge in [-0.1, -0.05) is 15.9 Å². The maximum absolute atomic E-state index is 12.4. The van der Waals surface area contributed by atoms with Gasteiger partial charge in [0.1, 0.15) is 0 Å². The monoisotopic (exact) mass is 280 g/mol. The molecule has 2 nitrogen and oxygen atoms in total. The molecule has 15 heavy (non-hydrogen) atoms. The van der Waals surface area contributed by atoms with Crippen LogP contribution in [-0.2, 0) is 11.5 Å². The second-order valence-corrected chi connectivity index (χ2v) is 3.36. The molecular weight excluding hydrogens is 273 g/mol. The number of hydrogen-bond acceptors (Lipinski definition) is 1. The van der Waals surface area contributed by atoms with E-state index in [0.29, 0.717) is 10.9 Å². The van der Waals surface area contributed by atoms with Crippen LogP contribution in [0.15, 0.2) is 23.2 Å². The molecule has 0 spiro atoms. The number of rotatable bonds is 2. The van der Waals surface area contributed by atoms with Crippen LogP contribution in [0.3, 0.4) is 0 Å². The zero-order valence-corrected chi connectivity index (χ0v) is 9.14. The van der Waals surface area contributed by atoms with E-state index in [1.54, 1.807) is 0 Å². The van der Waals surface area contributed by atoms with Crippen molar-refractivity contribution in [2.75, 3.05) is 0 Å². The molecule has 0 saturated heterocycles. The number of halogens is 4. The molecule has 0 fully saturated rings. The van der Waals surface area contributed by atoms with Crippen molar-refractivity contribution < 1.29 is 13.2 Å². The molecule has 0 aliphatic heterocycles. The summed E-state index contributed by atoms with van der Waals surface area (Å²) in [4.78, 5) is 3.62. The molecule has 1 aromatic carbocycles. The molecule has 0 heterocycles. The largest absolute Gasteiger partial charge is 0.416 e. The van der Waals surface area contributed by atoms with Crippen LogP contribution in [-0.4, -0.2) is 6.34 Å². The van der Waals surface area contributed by atoms with Gasteiger partial charge >= 0.3 is 6.18 Å². The molecule has 6 heteroatoms. The Labute approximate surface area is 93.1 Å². The quantitative estimate of drug-likeness (QED) is 0.504. The van der Waals surface area contributed by atoms with E-state index >= 15 is 0 Å². The minimum atomic E-state index is -4.36. The minimum Gasteiger partial charge on any atom is -0.390 e. The number of hydrogen-bond donors (Lipinski definition) is 1. The topological polar surface area (TPSA) is 38.4 Å². The first-order chi connectivity index (χ1) is 6.97. The Morgan fingerprint density at radius 1 is 1.33 bits per heavy atom. The summed E-state index contributed by atoms with van der Waals surface area (Å²) in [5, 5.41) is 0.337. The van der Waals surface area contributed by atoms with Gasteiger partial charge in [0.25, 0.3) is 0 Å². The molecule has 0 atom stereocenters. The number of benzene rings is 1. The van der Waals surface area contributed by atoms with Crippen molar-refractivity contribution in [3.05, 3.63) is 29.3 Å². The van der Waals surface area contributed by atoms with E-state index in [2.05, 4.69) is 20.9 Å². The second kappa shape index (κ2) is 4.65. The van der Waals surface area contributed by atoms with Gasteiger partial charge in [-0.25, -0.2) is 4.99 Å². The summed E-state index contributed by atoms with van der Waals surface area (Å²) in [6.45, 7) is 0. The van der Waals surface area contributed by atoms with Gasteiger partial charge in [-0.15, -0.1) is 0 Å². The van der Waals surface area contributed by atoms with E-state index < -0.39 is 11.7 Å². The van der Waals surface area contributed by atoms with E-state index in [0.717, 1.165) is 18.5 Å². The van der Waals surface area contributed by atoms with Crippen molar-refractivity contribution in [3.63, 3.8) is 0 Å². The Balaban J connectivity index is 3.23. The van der Waals surface area contributed by atoms with Crippen molar-refractivity contribution in [1.82, 2.24) is 0 Å². The van der Waals surface area contributed by atoms with Crippen LogP contribution in [0.4, 0.5) is 18.9 Å². The average Bonchev–Trinajstić information content (AvgIpc) is 2.16. The summed E-state index contributed by atoms with van der Waals surface area (Å²) in [6.07, 6.45) is -3.40. The van der Waals surface area contributed by atoms with E-state index in [-0.39, 0.29) is 5.69 Å². The fourth-order valence-electron chi connectivity index (χ4n) is 1.08. The predicted octanol–water partition coefficient (Wildman–Crippen LogP) is 3.22. The lowest BCUT2D eigenvalue weighted by molar-refractivity contribution is -0.137. The summed E-state index contributed by atoms with van der Waals surface area (Å²) in [6, 6.07) is 3.56. The molecule has 2 N–H and O–H groups in total. The van der Waals surface area contributed by atoms with Crippen LogP contribution >= 0.6 is 15.9 Å². The van der Waals surface area contributed by atoms with E-state index in [1.165, 1.54) is 6.07 Å². The smallest absolute Gasteiger partial charge is 0.390 e. The molecule has 0 aliphatic carbocycles. The number of alkyl halides is 4. The Kier molecular flexibility index (Phi) is 3.73. The molecule has 1 rings (SSSR count). The number of aliphatic imine (C=N–C) groups is 1. The third-order valence-corrected chi connectivity index (χ3v) is 2.33. The van der Waals surface area contributed by atoms with Crippen LogP contribution in [0, 0.1) is 0 Å². The van der Waals surface area contributed by atoms with Crippen LogP contribution in [0.2, 0.25) is 0 Å². The predicted molar refractivity (Wildman–Crippen MR) is 56.4 cm³/mol. The highest BCUT2D eigenvalue weighted by Gasteiger charge is 2.31.